The Balaban J connectivity index is 2.25. The second kappa shape index (κ2) is 6.31. The number of hydrogen-bond acceptors (Lipinski definition) is 3. The Kier molecular flexibility index (Phi) is 4.70. The number of hydrogen-bond donors (Lipinski definition) is 1. The molecule has 0 unspecified atom stereocenters. The number of imidazole rings is 1. The molecule has 1 aromatic heterocycles. The van der Waals surface area contributed by atoms with Crippen LogP contribution in [-0.4, -0.2) is 16.7 Å². The fourth-order valence-corrected chi connectivity index (χ4v) is 2.45. The molecule has 5 heteroatoms. The van der Waals surface area contributed by atoms with Crippen LogP contribution in [0.15, 0.2) is 28.9 Å². The van der Waals surface area contributed by atoms with Gasteiger partial charge in [0, 0.05) is 24.5 Å². The van der Waals surface area contributed by atoms with Gasteiger partial charge < -0.3 is 14.6 Å². The first-order valence-corrected chi connectivity index (χ1v) is 7.43. The zero-order chi connectivity index (χ0) is 14.7. The number of halogens is 1. The summed E-state index contributed by atoms with van der Waals surface area (Å²) in [6.07, 6.45) is 2.07. The zero-order valence-corrected chi connectivity index (χ0v) is 13.9. The highest BCUT2D eigenvalue weighted by Gasteiger charge is 2.09. The summed E-state index contributed by atoms with van der Waals surface area (Å²) in [5.74, 6) is 2.23. The van der Waals surface area contributed by atoms with Crippen molar-refractivity contribution >= 4 is 27.6 Å². The molecule has 0 aliphatic rings. The molecule has 0 bridgehead atoms. The molecule has 20 heavy (non-hydrogen) atoms. The van der Waals surface area contributed by atoms with Crippen molar-refractivity contribution in [3.05, 3.63) is 34.6 Å². The Morgan fingerprint density at radius 1 is 1.40 bits per heavy atom. The number of anilines is 2. The predicted molar refractivity (Wildman–Crippen MR) is 85.8 cm³/mol. The lowest BCUT2D eigenvalue weighted by atomic mass is 10.2. The summed E-state index contributed by atoms with van der Waals surface area (Å²) in [6.45, 7) is 7.34. The molecule has 2 rings (SSSR count). The van der Waals surface area contributed by atoms with Crippen molar-refractivity contribution in [3.63, 3.8) is 0 Å². The van der Waals surface area contributed by atoms with Crippen LogP contribution in [0.1, 0.15) is 19.5 Å². The number of rotatable bonds is 5. The van der Waals surface area contributed by atoms with E-state index in [4.69, 9.17) is 4.74 Å². The third-order valence-corrected chi connectivity index (χ3v) is 3.52. The maximum absolute atomic E-state index is 5.31. The van der Waals surface area contributed by atoms with Gasteiger partial charge in [-0.25, -0.2) is 4.98 Å². The molecule has 0 aliphatic carbocycles. The molecular formula is C15H20BrN3O. The van der Waals surface area contributed by atoms with Crippen LogP contribution in [0.5, 0.6) is 5.75 Å². The molecule has 0 spiro atoms. The van der Waals surface area contributed by atoms with Crippen molar-refractivity contribution < 1.29 is 4.74 Å². The van der Waals surface area contributed by atoms with E-state index in [2.05, 4.69) is 50.8 Å². The van der Waals surface area contributed by atoms with Crippen LogP contribution in [-0.2, 0) is 6.54 Å². The van der Waals surface area contributed by atoms with Gasteiger partial charge in [-0.15, -0.1) is 0 Å². The molecule has 0 saturated carbocycles. The summed E-state index contributed by atoms with van der Waals surface area (Å²) in [6, 6.07) is 5.91. The molecule has 1 N–H and O–H groups in total. The lowest BCUT2D eigenvalue weighted by Crippen LogP contribution is -2.07. The van der Waals surface area contributed by atoms with E-state index in [1.165, 1.54) is 0 Å². The first-order valence-electron chi connectivity index (χ1n) is 6.64. The van der Waals surface area contributed by atoms with Crippen LogP contribution >= 0.6 is 15.9 Å². The largest absolute Gasteiger partial charge is 0.495 e. The maximum Gasteiger partial charge on any atom is 0.207 e. The molecule has 0 saturated heterocycles. The Labute approximate surface area is 128 Å². The average Bonchev–Trinajstić information content (AvgIpc) is 2.71. The van der Waals surface area contributed by atoms with Crippen LogP contribution in [0.3, 0.4) is 0 Å². The number of nitrogens with zero attached hydrogens (tertiary/aromatic N) is 2. The molecule has 0 aliphatic heterocycles. The van der Waals surface area contributed by atoms with E-state index in [0.29, 0.717) is 5.92 Å². The van der Waals surface area contributed by atoms with Crippen LogP contribution in [0.25, 0.3) is 0 Å². The zero-order valence-electron chi connectivity index (χ0n) is 12.3. The quantitative estimate of drug-likeness (QED) is 0.880. The predicted octanol–water partition coefficient (Wildman–Crippen LogP) is 4.36. The molecule has 1 aromatic carbocycles. The number of benzene rings is 1. The molecule has 4 nitrogen and oxygen atoms in total. The summed E-state index contributed by atoms with van der Waals surface area (Å²) in [4.78, 5) is 4.54. The minimum Gasteiger partial charge on any atom is -0.495 e. The number of nitrogens with one attached hydrogen (secondary N) is 1. The van der Waals surface area contributed by atoms with E-state index in [-0.39, 0.29) is 0 Å². The van der Waals surface area contributed by atoms with Gasteiger partial charge in [-0.3, -0.25) is 0 Å². The van der Waals surface area contributed by atoms with Gasteiger partial charge in [-0.1, -0.05) is 13.8 Å². The molecule has 0 amide bonds. The SMILES string of the molecule is COc1cc(Nc2nc(C)cn2CC(C)C)ccc1Br. The van der Waals surface area contributed by atoms with E-state index in [1.54, 1.807) is 7.11 Å². The molecule has 1 heterocycles. The highest BCUT2D eigenvalue weighted by Crippen LogP contribution is 2.29. The Hall–Kier alpha value is -1.49. The van der Waals surface area contributed by atoms with Crippen molar-refractivity contribution in [3.8, 4) is 5.75 Å². The Morgan fingerprint density at radius 3 is 2.80 bits per heavy atom. The van der Waals surface area contributed by atoms with Crippen LogP contribution in [0.2, 0.25) is 0 Å². The lowest BCUT2D eigenvalue weighted by molar-refractivity contribution is 0.412. The monoisotopic (exact) mass is 337 g/mol. The van der Waals surface area contributed by atoms with Crippen LogP contribution in [0, 0.1) is 12.8 Å². The van der Waals surface area contributed by atoms with Gasteiger partial charge >= 0.3 is 0 Å². The summed E-state index contributed by atoms with van der Waals surface area (Å²) in [5, 5.41) is 3.35. The van der Waals surface area contributed by atoms with Gasteiger partial charge in [0.1, 0.15) is 5.75 Å². The van der Waals surface area contributed by atoms with Crippen molar-refractivity contribution in [2.24, 2.45) is 5.92 Å². The molecule has 0 atom stereocenters. The van der Waals surface area contributed by atoms with Crippen molar-refractivity contribution in [1.82, 2.24) is 9.55 Å². The Bertz CT molecular complexity index is 593. The highest BCUT2D eigenvalue weighted by atomic mass is 79.9. The van der Waals surface area contributed by atoms with Gasteiger partial charge in [0.05, 0.1) is 17.3 Å². The van der Waals surface area contributed by atoms with Crippen LogP contribution < -0.4 is 10.1 Å². The third-order valence-electron chi connectivity index (χ3n) is 2.87. The van der Waals surface area contributed by atoms with Gasteiger partial charge in [0.2, 0.25) is 5.95 Å². The van der Waals surface area contributed by atoms with E-state index in [9.17, 15) is 0 Å². The third kappa shape index (κ3) is 3.54. The normalized spacial score (nSPS) is 10.9. The fourth-order valence-electron chi connectivity index (χ4n) is 2.05. The van der Waals surface area contributed by atoms with Gasteiger partial charge in [-0.2, -0.15) is 0 Å². The van der Waals surface area contributed by atoms with Gasteiger partial charge in [0.15, 0.2) is 0 Å². The average molecular weight is 338 g/mol. The molecule has 0 fully saturated rings. The minimum atomic E-state index is 0.573. The maximum atomic E-state index is 5.31. The summed E-state index contributed by atoms with van der Waals surface area (Å²) >= 11 is 3.45. The molecular weight excluding hydrogens is 318 g/mol. The van der Waals surface area contributed by atoms with Crippen molar-refractivity contribution in [1.29, 1.82) is 0 Å². The van der Waals surface area contributed by atoms with E-state index < -0.39 is 0 Å². The molecule has 2 aromatic rings. The smallest absolute Gasteiger partial charge is 0.207 e. The first-order chi connectivity index (χ1) is 9.49. The van der Waals surface area contributed by atoms with Crippen LogP contribution in [0.4, 0.5) is 11.6 Å². The first kappa shape index (κ1) is 14.9. The van der Waals surface area contributed by atoms with E-state index in [0.717, 1.165) is 34.1 Å². The van der Waals surface area contributed by atoms with Gasteiger partial charge in [0.25, 0.3) is 0 Å². The van der Waals surface area contributed by atoms with Crippen molar-refractivity contribution in [2.45, 2.75) is 27.3 Å². The highest BCUT2D eigenvalue weighted by molar-refractivity contribution is 9.10. The Morgan fingerprint density at radius 2 is 2.15 bits per heavy atom. The van der Waals surface area contributed by atoms with E-state index in [1.807, 2.05) is 25.1 Å². The van der Waals surface area contributed by atoms with E-state index >= 15 is 0 Å². The summed E-state index contributed by atoms with van der Waals surface area (Å²) in [5.41, 5.74) is 1.97. The number of methoxy groups -OCH3 is 1. The summed E-state index contributed by atoms with van der Waals surface area (Å²) in [7, 11) is 1.66. The fraction of sp³-hybridized carbons (Fsp3) is 0.400. The second-order valence-corrected chi connectivity index (χ2v) is 6.08. The standard InChI is InChI=1S/C15H20BrN3O/c1-10(2)8-19-9-11(3)17-15(19)18-12-5-6-13(16)14(7-12)20-4/h5-7,9-10H,8H2,1-4H3,(H,17,18). The molecule has 108 valence electrons. The number of aryl methyl sites for hydroxylation is 1. The molecule has 0 radical (unpaired) electrons. The minimum absolute atomic E-state index is 0.573. The van der Waals surface area contributed by atoms with Crippen molar-refractivity contribution in [2.75, 3.05) is 12.4 Å². The summed E-state index contributed by atoms with van der Waals surface area (Å²) < 4.78 is 8.39. The number of aromatic nitrogens is 2. The topological polar surface area (TPSA) is 39.1 Å². The van der Waals surface area contributed by atoms with Gasteiger partial charge in [-0.05, 0) is 40.9 Å². The number of ether oxygens (including phenoxy) is 1. The lowest BCUT2D eigenvalue weighted by Gasteiger charge is -2.12. The second-order valence-electron chi connectivity index (χ2n) is 5.23.